The van der Waals surface area contributed by atoms with E-state index in [9.17, 15) is 0 Å². The van der Waals surface area contributed by atoms with Gasteiger partial charge in [-0.1, -0.05) is 0 Å². The molecular formula is C14H18Sn. The van der Waals surface area contributed by atoms with E-state index in [1.807, 2.05) is 0 Å². The molecule has 0 saturated heterocycles. The van der Waals surface area contributed by atoms with Crippen molar-refractivity contribution < 1.29 is 0 Å². The summed E-state index contributed by atoms with van der Waals surface area (Å²) in [5.41, 5.74) is 1.48. The van der Waals surface area contributed by atoms with Crippen LogP contribution in [0.4, 0.5) is 0 Å². The Labute approximate surface area is 96.2 Å². The van der Waals surface area contributed by atoms with E-state index in [0.717, 1.165) is 0 Å². The zero-order valence-corrected chi connectivity index (χ0v) is 12.8. The third-order valence-electron chi connectivity index (χ3n) is 2.89. The topological polar surface area (TPSA) is 0 Å². The Kier molecular flexibility index (Phi) is 2.80. The van der Waals surface area contributed by atoms with Crippen molar-refractivity contribution in [3.8, 4) is 0 Å². The summed E-state index contributed by atoms with van der Waals surface area (Å²) in [4.78, 5) is 7.47. The second-order valence-electron chi connectivity index (χ2n) is 5.23. The first-order valence-corrected chi connectivity index (χ1v) is 15.5. The van der Waals surface area contributed by atoms with Crippen LogP contribution < -0.4 is 3.58 Å². The van der Waals surface area contributed by atoms with E-state index >= 15 is 0 Å². The molecule has 0 amide bonds. The van der Waals surface area contributed by atoms with E-state index in [0.29, 0.717) is 0 Å². The summed E-state index contributed by atoms with van der Waals surface area (Å²) >= 11 is -1.99. The average Bonchev–Trinajstić information content (AvgIpc) is 2.15. The Morgan fingerprint density at radius 3 is 2.20 bits per heavy atom. The zero-order valence-electron chi connectivity index (χ0n) is 9.96. The molecule has 2 rings (SSSR count). The number of aryl methyl sites for hydroxylation is 1. The van der Waals surface area contributed by atoms with Gasteiger partial charge in [0.2, 0.25) is 0 Å². The molecule has 0 aromatic heterocycles. The molecule has 2 aromatic carbocycles. The Morgan fingerprint density at radius 1 is 0.867 bits per heavy atom. The van der Waals surface area contributed by atoms with Crippen molar-refractivity contribution in [2.45, 2.75) is 21.7 Å². The SMILES string of the molecule is Cc1ccc2ccccc2[c]1[Sn]([CH3])([CH3])[CH3]. The molecule has 0 radical (unpaired) electrons. The van der Waals surface area contributed by atoms with Crippen LogP contribution in [0.5, 0.6) is 0 Å². The van der Waals surface area contributed by atoms with E-state index in [4.69, 9.17) is 0 Å². The van der Waals surface area contributed by atoms with Gasteiger partial charge in [-0.25, -0.2) is 0 Å². The van der Waals surface area contributed by atoms with Crippen molar-refractivity contribution in [2.24, 2.45) is 0 Å². The van der Waals surface area contributed by atoms with Crippen molar-refractivity contribution in [1.82, 2.24) is 0 Å². The summed E-state index contributed by atoms with van der Waals surface area (Å²) in [5, 5.41) is 2.88. The van der Waals surface area contributed by atoms with Crippen LogP contribution >= 0.6 is 0 Å². The van der Waals surface area contributed by atoms with Gasteiger partial charge < -0.3 is 0 Å². The van der Waals surface area contributed by atoms with Crippen LogP contribution in [-0.2, 0) is 0 Å². The van der Waals surface area contributed by atoms with Gasteiger partial charge in [-0.2, -0.15) is 0 Å². The molecule has 0 fully saturated rings. The van der Waals surface area contributed by atoms with Gasteiger partial charge in [0.05, 0.1) is 0 Å². The molecule has 78 valence electrons. The summed E-state index contributed by atoms with van der Waals surface area (Å²) in [7, 11) is 0. The predicted octanol–water partition coefficient (Wildman–Crippen LogP) is 3.69. The zero-order chi connectivity index (χ0) is 11.1. The number of hydrogen-bond donors (Lipinski definition) is 0. The summed E-state index contributed by atoms with van der Waals surface area (Å²) in [6.07, 6.45) is 0. The maximum atomic E-state index is 2.49. The van der Waals surface area contributed by atoms with Gasteiger partial charge in [0.25, 0.3) is 0 Å². The monoisotopic (exact) mass is 306 g/mol. The molecule has 0 nitrogen and oxygen atoms in total. The van der Waals surface area contributed by atoms with Gasteiger partial charge in [0.1, 0.15) is 0 Å². The fraction of sp³-hybridized carbons (Fsp3) is 0.286. The number of rotatable bonds is 1. The molecule has 1 heteroatoms. The molecule has 15 heavy (non-hydrogen) atoms. The normalized spacial score (nSPS) is 12.0. The fourth-order valence-electron chi connectivity index (χ4n) is 2.38. The van der Waals surface area contributed by atoms with Gasteiger partial charge in [0, 0.05) is 0 Å². The van der Waals surface area contributed by atoms with E-state index in [-0.39, 0.29) is 0 Å². The number of hydrogen-bond acceptors (Lipinski definition) is 0. The molecule has 2 aromatic rings. The summed E-state index contributed by atoms with van der Waals surface area (Å²) in [5.74, 6) is 0. The Hall–Kier alpha value is -0.501. The van der Waals surface area contributed by atoms with E-state index in [1.165, 1.54) is 16.3 Å². The minimum absolute atomic E-state index is 1.39. The molecule has 0 heterocycles. The van der Waals surface area contributed by atoms with Crippen LogP contribution in [0.1, 0.15) is 5.56 Å². The third-order valence-corrected chi connectivity index (χ3v) is 9.06. The molecule has 0 bridgehead atoms. The van der Waals surface area contributed by atoms with Crippen molar-refractivity contribution in [3.05, 3.63) is 42.0 Å². The molecule has 0 N–H and O–H groups in total. The molecule has 0 aliphatic carbocycles. The maximum absolute atomic E-state index is 2.49. The van der Waals surface area contributed by atoms with Crippen LogP contribution in [0.15, 0.2) is 36.4 Å². The van der Waals surface area contributed by atoms with Crippen LogP contribution in [-0.4, -0.2) is 18.4 Å². The molecule has 0 saturated carbocycles. The first kappa shape index (κ1) is 11.0. The second-order valence-corrected chi connectivity index (χ2v) is 19.5. The van der Waals surface area contributed by atoms with Gasteiger partial charge in [-0.3, -0.25) is 0 Å². The quantitative estimate of drug-likeness (QED) is 0.705. The average molecular weight is 305 g/mol. The van der Waals surface area contributed by atoms with Gasteiger partial charge >= 0.3 is 96.4 Å². The number of benzene rings is 2. The van der Waals surface area contributed by atoms with E-state index < -0.39 is 18.4 Å². The summed E-state index contributed by atoms with van der Waals surface area (Å²) < 4.78 is 1.68. The second kappa shape index (κ2) is 3.82. The van der Waals surface area contributed by atoms with Crippen molar-refractivity contribution in [1.29, 1.82) is 0 Å². The molecule has 0 aliphatic heterocycles. The summed E-state index contributed by atoms with van der Waals surface area (Å²) in [6, 6.07) is 13.3. The van der Waals surface area contributed by atoms with Gasteiger partial charge in [0.15, 0.2) is 0 Å². The number of fused-ring (bicyclic) bond motifs is 1. The minimum atomic E-state index is -1.99. The van der Waals surface area contributed by atoms with Gasteiger partial charge in [-0.15, -0.1) is 0 Å². The Bertz CT molecular complexity index is 492. The Morgan fingerprint density at radius 2 is 1.53 bits per heavy atom. The molecule has 0 unspecified atom stereocenters. The third kappa shape index (κ3) is 2.05. The predicted molar refractivity (Wildman–Crippen MR) is 71.7 cm³/mol. The van der Waals surface area contributed by atoms with Crippen molar-refractivity contribution >= 4 is 32.7 Å². The molecule has 0 spiro atoms. The molecule has 0 aliphatic rings. The van der Waals surface area contributed by atoms with Crippen LogP contribution in [0, 0.1) is 6.92 Å². The Balaban J connectivity index is 2.86. The first-order valence-electron chi connectivity index (χ1n) is 5.49. The molecular weight excluding hydrogens is 287 g/mol. The van der Waals surface area contributed by atoms with Crippen LogP contribution in [0.3, 0.4) is 0 Å². The van der Waals surface area contributed by atoms with Crippen molar-refractivity contribution in [2.75, 3.05) is 0 Å². The van der Waals surface area contributed by atoms with Crippen LogP contribution in [0.25, 0.3) is 10.8 Å². The summed E-state index contributed by atoms with van der Waals surface area (Å²) in [6.45, 7) is 2.25. The van der Waals surface area contributed by atoms with E-state index in [1.54, 1.807) is 3.58 Å². The van der Waals surface area contributed by atoms with Gasteiger partial charge in [-0.05, 0) is 0 Å². The van der Waals surface area contributed by atoms with Crippen molar-refractivity contribution in [3.63, 3.8) is 0 Å². The van der Waals surface area contributed by atoms with Crippen LogP contribution in [0.2, 0.25) is 14.8 Å². The molecule has 0 atom stereocenters. The first-order chi connectivity index (χ1) is 7.00. The van der Waals surface area contributed by atoms with E-state index in [2.05, 4.69) is 58.1 Å². The standard InChI is InChI=1S/C11H9.3CH3.Sn/c1-9-6-7-10-4-2-3-5-11(10)8-9;;;;/h2-7H,1H3;3*1H3;. The fourth-order valence-corrected chi connectivity index (χ4v) is 8.95.